The summed E-state index contributed by atoms with van der Waals surface area (Å²) in [5.74, 6) is 0.747. The first-order chi connectivity index (χ1) is 16.4. The molecule has 1 unspecified atom stereocenters. The number of hydrogen-bond acceptors (Lipinski definition) is 5. The van der Waals surface area contributed by atoms with E-state index >= 15 is 0 Å². The lowest BCUT2D eigenvalue weighted by molar-refractivity contribution is -0.138. The Balaban J connectivity index is 1.58. The van der Waals surface area contributed by atoms with Gasteiger partial charge in [-0.15, -0.1) is 0 Å². The van der Waals surface area contributed by atoms with Crippen LogP contribution >= 0.6 is 0 Å². The van der Waals surface area contributed by atoms with E-state index in [0.717, 1.165) is 11.1 Å². The molecule has 1 aliphatic heterocycles. The standard InChI is InChI=1S/C26H25FN2O5/c1-16-26(31)29(14-18-7-9-22(32-2)13-24(18)33-3)15-19-12-21(8-10-23(19)34-16)28-25(30)17-5-4-6-20(27)11-17/h4-13,16H,14-15H2,1-3H3,(H,28,30). The molecule has 1 N–H and O–H groups in total. The van der Waals surface area contributed by atoms with Gasteiger partial charge >= 0.3 is 0 Å². The maximum atomic E-state index is 13.5. The van der Waals surface area contributed by atoms with Crippen LogP contribution in [0.1, 0.15) is 28.4 Å². The topological polar surface area (TPSA) is 77.1 Å². The summed E-state index contributed by atoms with van der Waals surface area (Å²) in [7, 11) is 3.14. The number of carbonyl (C=O) groups is 2. The van der Waals surface area contributed by atoms with Crippen LogP contribution in [-0.4, -0.2) is 37.0 Å². The molecule has 8 heteroatoms. The highest BCUT2D eigenvalue weighted by molar-refractivity contribution is 6.04. The van der Waals surface area contributed by atoms with Gasteiger partial charge in [-0.1, -0.05) is 6.07 Å². The van der Waals surface area contributed by atoms with Crippen molar-refractivity contribution in [3.8, 4) is 17.2 Å². The van der Waals surface area contributed by atoms with E-state index < -0.39 is 17.8 Å². The Kier molecular flexibility index (Phi) is 6.67. The second kappa shape index (κ2) is 9.82. The first-order valence-electron chi connectivity index (χ1n) is 10.7. The summed E-state index contributed by atoms with van der Waals surface area (Å²) in [6.45, 7) is 2.28. The molecular weight excluding hydrogens is 439 g/mol. The minimum atomic E-state index is -0.682. The molecular formula is C26H25FN2O5. The number of amides is 2. The third-order valence-electron chi connectivity index (χ3n) is 5.59. The molecule has 0 radical (unpaired) electrons. The maximum Gasteiger partial charge on any atom is 0.263 e. The molecule has 0 aromatic heterocycles. The average molecular weight is 464 g/mol. The van der Waals surface area contributed by atoms with Crippen molar-refractivity contribution in [3.63, 3.8) is 0 Å². The van der Waals surface area contributed by atoms with Gasteiger partial charge in [-0.25, -0.2) is 4.39 Å². The summed E-state index contributed by atoms with van der Waals surface area (Å²) < 4.78 is 30.1. The van der Waals surface area contributed by atoms with Crippen LogP contribution in [0.15, 0.2) is 60.7 Å². The molecule has 0 saturated carbocycles. The molecule has 4 rings (SSSR count). The molecule has 0 bridgehead atoms. The lowest BCUT2D eigenvalue weighted by atomic mass is 10.1. The van der Waals surface area contributed by atoms with Crippen molar-refractivity contribution in [1.82, 2.24) is 4.90 Å². The Morgan fingerprint density at radius 2 is 1.94 bits per heavy atom. The Labute approximate surface area is 197 Å². The second-order valence-corrected chi connectivity index (χ2v) is 7.92. The van der Waals surface area contributed by atoms with Crippen molar-refractivity contribution in [2.45, 2.75) is 26.1 Å². The van der Waals surface area contributed by atoms with E-state index in [4.69, 9.17) is 14.2 Å². The molecule has 0 aliphatic carbocycles. The first kappa shape index (κ1) is 23.1. The number of ether oxygens (including phenoxy) is 3. The lowest BCUT2D eigenvalue weighted by Gasteiger charge is -2.23. The molecule has 34 heavy (non-hydrogen) atoms. The lowest BCUT2D eigenvalue weighted by Crippen LogP contribution is -2.37. The quantitative estimate of drug-likeness (QED) is 0.585. The summed E-state index contributed by atoms with van der Waals surface area (Å²) in [5, 5.41) is 2.78. The Bertz CT molecular complexity index is 1230. The van der Waals surface area contributed by atoms with Crippen molar-refractivity contribution in [2.75, 3.05) is 19.5 Å². The fourth-order valence-corrected chi connectivity index (χ4v) is 3.83. The van der Waals surface area contributed by atoms with E-state index in [2.05, 4.69) is 5.32 Å². The van der Waals surface area contributed by atoms with Crippen LogP contribution in [0.25, 0.3) is 0 Å². The zero-order valence-electron chi connectivity index (χ0n) is 19.1. The number of nitrogens with one attached hydrogen (secondary N) is 1. The summed E-state index contributed by atoms with van der Waals surface area (Å²) in [6.07, 6.45) is -0.682. The van der Waals surface area contributed by atoms with Crippen molar-refractivity contribution in [1.29, 1.82) is 0 Å². The number of benzene rings is 3. The van der Waals surface area contributed by atoms with Crippen LogP contribution in [0.2, 0.25) is 0 Å². The zero-order chi connectivity index (χ0) is 24.2. The van der Waals surface area contributed by atoms with Gasteiger partial charge in [0.1, 0.15) is 23.1 Å². The minimum Gasteiger partial charge on any atom is -0.497 e. The fourth-order valence-electron chi connectivity index (χ4n) is 3.83. The van der Waals surface area contributed by atoms with E-state index in [0.29, 0.717) is 29.5 Å². The normalized spacial score (nSPS) is 15.1. The summed E-state index contributed by atoms with van der Waals surface area (Å²) in [4.78, 5) is 27.3. The van der Waals surface area contributed by atoms with E-state index in [1.165, 1.54) is 24.3 Å². The van der Waals surface area contributed by atoms with Crippen molar-refractivity contribution in [2.24, 2.45) is 0 Å². The van der Waals surface area contributed by atoms with Gasteiger partial charge in [0.2, 0.25) is 0 Å². The number of carbonyl (C=O) groups excluding carboxylic acids is 2. The molecule has 3 aromatic carbocycles. The number of rotatable bonds is 6. The summed E-state index contributed by atoms with van der Waals surface area (Å²) in [6, 6.07) is 16.1. The zero-order valence-corrected chi connectivity index (χ0v) is 19.1. The number of hydrogen-bond donors (Lipinski definition) is 1. The highest BCUT2D eigenvalue weighted by Gasteiger charge is 2.29. The van der Waals surface area contributed by atoms with Crippen molar-refractivity contribution < 1.29 is 28.2 Å². The molecule has 1 atom stereocenters. The SMILES string of the molecule is COc1ccc(CN2Cc3cc(NC(=O)c4cccc(F)c4)ccc3OC(C)C2=O)c(OC)c1. The van der Waals surface area contributed by atoms with Crippen LogP contribution in [0.3, 0.4) is 0 Å². The average Bonchev–Trinajstić information content (AvgIpc) is 2.95. The number of fused-ring (bicyclic) bond motifs is 1. The predicted octanol–water partition coefficient (Wildman–Crippen LogP) is 4.40. The predicted molar refractivity (Wildman–Crippen MR) is 125 cm³/mol. The fraction of sp³-hybridized carbons (Fsp3) is 0.231. The Hall–Kier alpha value is -4.07. The smallest absolute Gasteiger partial charge is 0.263 e. The van der Waals surface area contributed by atoms with Gasteiger partial charge < -0.3 is 24.4 Å². The number of methoxy groups -OCH3 is 2. The van der Waals surface area contributed by atoms with Gasteiger partial charge in [0.15, 0.2) is 6.10 Å². The van der Waals surface area contributed by atoms with Gasteiger partial charge in [-0.05, 0) is 55.5 Å². The second-order valence-electron chi connectivity index (χ2n) is 7.92. The highest BCUT2D eigenvalue weighted by atomic mass is 19.1. The molecule has 0 saturated heterocycles. The van der Waals surface area contributed by atoms with Crippen molar-refractivity contribution >= 4 is 17.5 Å². The van der Waals surface area contributed by atoms with Crippen LogP contribution in [-0.2, 0) is 17.9 Å². The van der Waals surface area contributed by atoms with Crippen LogP contribution in [0, 0.1) is 5.82 Å². The van der Waals surface area contributed by atoms with Crippen molar-refractivity contribution in [3.05, 3.63) is 83.2 Å². The van der Waals surface area contributed by atoms with E-state index in [1.54, 1.807) is 50.3 Å². The molecule has 7 nitrogen and oxygen atoms in total. The largest absolute Gasteiger partial charge is 0.497 e. The number of anilines is 1. The maximum absolute atomic E-state index is 13.5. The van der Waals surface area contributed by atoms with Crippen LogP contribution in [0.5, 0.6) is 17.2 Å². The monoisotopic (exact) mass is 464 g/mol. The summed E-state index contributed by atoms with van der Waals surface area (Å²) in [5.41, 5.74) is 2.29. The molecule has 2 amide bonds. The molecule has 0 fully saturated rings. The van der Waals surface area contributed by atoms with Gasteiger partial charge in [-0.3, -0.25) is 9.59 Å². The van der Waals surface area contributed by atoms with Gasteiger partial charge in [0.25, 0.3) is 11.8 Å². The Morgan fingerprint density at radius 1 is 1.12 bits per heavy atom. The van der Waals surface area contributed by atoms with Gasteiger partial charge in [-0.2, -0.15) is 0 Å². The Morgan fingerprint density at radius 3 is 2.68 bits per heavy atom. The third kappa shape index (κ3) is 4.96. The van der Waals surface area contributed by atoms with Gasteiger partial charge in [0, 0.05) is 41.5 Å². The molecule has 176 valence electrons. The molecule has 1 heterocycles. The molecule has 3 aromatic rings. The third-order valence-corrected chi connectivity index (χ3v) is 5.59. The van der Waals surface area contributed by atoms with E-state index in [1.807, 2.05) is 12.1 Å². The molecule has 1 aliphatic rings. The van der Waals surface area contributed by atoms with Crippen LogP contribution < -0.4 is 19.5 Å². The number of halogens is 1. The van der Waals surface area contributed by atoms with E-state index in [-0.39, 0.29) is 18.0 Å². The number of nitrogens with zero attached hydrogens (tertiary/aromatic N) is 1. The highest BCUT2D eigenvalue weighted by Crippen LogP contribution is 2.31. The van der Waals surface area contributed by atoms with E-state index in [9.17, 15) is 14.0 Å². The first-order valence-corrected chi connectivity index (χ1v) is 10.7. The minimum absolute atomic E-state index is 0.167. The van der Waals surface area contributed by atoms with Gasteiger partial charge in [0.05, 0.1) is 14.2 Å². The summed E-state index contributed by atoms with van der Waals surface area (Å²) >= 11 is 0. The molecule has 0 spiro atoms. The van der Waals surface area contributed by atoms with Crippen LogP contribution in [0.4, 0.5) is 10.1 Å².